The van der Waals surface area contributed by atoms with Crippen LogP contribution < -0.4 is 10.9 Å². The van der Waals surface area contributed by atoms with Crippen LogP contribution >= 0.6 is 11.6 Å². The smallest absolute Gasteiger partial charge is 0.277 e. The van der Waals surface area contributed by atoms with Crippen molar-refractivity contribution in [1.82, 2.24) is 24.5 Å². The molecule has 1 amide bonds. The number of carbonyl (C=O) groups excluding carboxylic acids is 1. The van der Waals surface area contributed by atoms with Gasteiger partial charge in [0.05, 0.1) is 5.69 Å². The average molecular weight is 443 g/mol. The van der Waals surface area contributed by atoms with Gasteiger partial charge in [-0.3, -0.25) is 14.7 Å². The molecule has 0 radical (unpaired) electrons. The van der Waals surface area contributed by atoms with E-state index >= 15 is 0 Å². The lowest BCUT2D eigenvalue weighted by Crippen LogP contribution is -2.32. The summed E-state index contributed by atoms with van der Waals surface area (Å²) < 4.78 is 1.34. The molecule has 3 aromatic rings. The number of likely N-dealkylation sites (tertiary alicyclic amines) is 1. The molecule has 0 unspecified atom stereocenters. The van der Waals surface area contributed by atoms with Crippen LogP contribution in [-0.2, 0) is 17.8 Å². The molecule has 0 atom stereocenters. The largest absolute Gasteiger partial charge is 0.351 e. The zero-order chi connectivity index (χ0) is 21.8. The number of aromatic nitrogens is 4. The number of rotatable bonds is 6. The van der Waals surface area contributed by atoms with Crippen molar-refractivity contribution in [2.24, 2.45) is 0 Å². The minimum atomic E-state index is -0.210. The molecule has 0 spiro atoms. The summed E-state index contributed by atoms with van der Waals surface area (Å²) in [5.74, 6) is 0.876. The number of anilines is 1. The summed E-state index contributed by atoms with van der Waals surface area (Å²) >= 11 is 5.92. The normalized spacial score (nSPS) is 14.6. The second-order valence-corrected chi connectivity index (χ2v) is 8.40. The first-order chi connectivity index (χ1) is 15.0. The topological polar surface area (TPSA) is 95.4 Å². The van der Waals surface area contributed by atoms with Crippen molar-refractivity contribution in [1.29, 1.82) is 0 Å². The molecule has 2 N–H and O–H groups in total. The molecule has 164 valence electrons. The van der Waals surface area contributed by atoms with Gasteiger partial charge in [-0.05, 0) is 43.9 Å². The maximum atomic E-state index is 13.0. The Balaban J connectivity index is 1.46. The summed E-state index contributed by atoms with van der Waals surface area (Å²) in [6, 6.07) is 7.50. The van der Waals surface area contributed by atoms with Crippen LogP contribution in [0.4, 0.5) is 5.95 Å². The van der Waals surface area contributed by atoms with Crippen LogP contribution in [0.1, 0.15) is 48.9 Å². The summed E-state index contributed by atoms with van der Waals surface area (Å²) in [7, 11) is 0. The van der Waals surface area contributed by atoms with E-state index in [4.69, 9.17) is 11.6 Å². The van der Waals surface area contributed by atoms with Gasteiger partial charge in [0, 0.05) is 36.6 Å². The second kappa shape index (κ2) is 9.51. The molecular weight excluding hydrogens is 416 g/mol. The first-order valence-electron chi connectivity index (χ1n) is 10.8. The van der Waals surface area contributed by atoms with Crippen molar-refractivity contribution in [3.05, 3.63) is 56.5 Å². The van der Waals surface area contributed by atoms with Gasteiger partial charge in [0.25, 0.3) is 11.3 Å². The number of benzene rings is 1. The molecule has 4 rings (SSSR count). The van der Waals surface area contributed by atoms with Crippen LogP contribution in [0.2, 0.25) is 5.02 Å². The zero-order valence-electron chi connectivity index (χ0n) is 17.7. The van der Waals surface area contributed by atoms with Gasteiger partial charge in [-0.25, -0.2) is 4.98 Å². The highest BCUT2D eigenvalue weighted by Gasteiger charge is 2.18. The monoisotopic (exact) mass is 442 g/mol. The summed E-state index contributed by atoms with van der Waals surface area (Å²) in [5, 5.41) is 6.82. The zero-order valence-corrected chi connectivity index (χ0v) is 18.4. The van der Waals surface area contributed by atoms with E-state index in [1.54, 1.807) is 6.92 Å². The number of hydrogen-bond acceptors (Lipinski definition) is 5. The molecule has 1 aliphatic rings. The van der Waals surface area contributed by atoms with Crippen molar-refractivity contribution in [3.8, 4) is 0 Å². The lowest BCUT2D eigenvalue weighted by Gasteiger charge is -2.20. The van der Waals surface area contributed by atoms with Gasteiger partial charge in [-0.2, -0.15) is 9.50 Å². The summed E-state index contributed by atoms with van der Waals surface area (Å²) in [6.07, 6.45) is 5.17. The molecule has 0 saturated carbocycles. The maximum absolute atomic E-state index is 13.0. The lowest BCUT2D eigenvalue weighted by molar-refractivity contribution is -0.131. The molecule has 1 saturated heterocycles. The third-order valence-corrected chi connectivity index (χ3v) is 5.97. The highest BCUT2D eigenvalue weighted by atomic mass is 35.5. The quantitative estimate of drug-likeness (QED) is 0.610. The van der Waals surface area contributed by atoms with Gasteiger partial charge < -0.3 is 10.2 Å². The van der Waals surface area contributed by atoms with Crippen LogP contribution in [0.5, 0.6) is 0 Å². The van der Waals surface area contributed by atoms with Crippen LogP contribution in [0, 0.1) is 6.92 Å². The highest BCUT2D eigenvalue weighted by molar-refractivity contribution is 6.30. The van der Waals surface area contributed by atoms with Gasteiger partial charge in [-0.15, -0.1) is 0 Å². The number of aromatic amines is 1. The van der Waals surface area contributed by atoms with Crippen molar-refractivity contribution in [2.45, 2.75) is 52.0 Å². The lowest BCUT2D eigenvalue weighted by atomic mass is 10.1. The van der Waals surface area contributed by atoms with Gasteiger partial charge in [0.15, 0.2) is 0 Å². The Bertz CT molecular complexity index is 1110. The minimum Gasteiger partial charge on any atom is -0.351 e. The van der Waals surface area contributed by atoms with Crippen LogP contribution in [0.3, 0.4) is 0 Å². The van der Waals surface area contributed by atoms with Crippen molar-refractivity contribution in [3.63, 3.8) is 0 Å². The van der Waals surface area contributed by atoms with E-state index < -0.39 is 0 Å². The molecule has 31 heavy (non-hydrogen) atoms. The van der Waals surface area contributed by atoms with E-state index in [0.717, 1.165) is 31.5 Å². The number of aryl methyl sites for hydroxylation is 1. The fourth-order valence-corrected chi connectivity index (χ4v) is 4.05. The Hall–Kier alpha value is -2.87. The standard InChI is InChI=1S/C22H27ClN6O2/c1-15-18(10-11-19(30)28-12-4-2-3-5-13-28)20(31)29-22(25-15)26-21(27-29)24-14-16-6-8-17(23)9-7-16/h6-9H,2-5,10-14H2,1H3,(H2,24,25,26,27). The van der Waals surface area contributed by atoms with E-state index in [0.29, 0.717) is 47.4 Å². The van der Waals surface area contributed by atoms with Gasteiger partial charge in [-0.1, -0.05) is 36.6 Å². The first-order valence-corrected chi connectivity index (χ1v) is 11.1. The van der Waals surface area contributed by atoms with Crippen molar-refractivity contribution >= 4 is 29.2 Å². The van der Waals surface area contributed by atoms with Gasteiger partial charge >= 0.3 is 0 Å². The van der Waals surface area contributed by atoms with E-state index in [-0.39, 0.29) is 11.5 Å². The number of nitrogens with one attached hydrogen (secondary N) is 2. The summed E-state index contributed by atoms with van der Waals surface area (Å²) in [5.41, 5.74) is 1.99. The molecule has 8 nitrogen and oxygen atoms in total. The maximum Gasteiger partial charge on any atom is 0.277 e. The average Bonchev–Trinajstić information content (AvgIpc) is 2.97. The van der Waals surface area contributed by atoms with E-state index in [9.17, 15) is 9.59 Å². The number of amides is 1. The number of hydrogen-bond donors (Lipinski definition) is 2. The van der Waals surface area contributed by atoms with Gasteiger partial charge in [0.2, 0.25) is 11.9 Å². The number of nitrogens with zero attached hydrogens (tertiary/aromatic N) is 4. The Morgan fingerprint density at radius 1 is 1.13 bits per heavy atom. The van der Waals surface area contributed by atoms with Crippen LogP contribution in [0.25, 0.3) is 5.78 Å². The third-order valence-electron chi connectivity index (χ3n) is 5.72. The molecule has 9 heteroatoms. The van der Waals surface area contributed by atoms with Crippen molar-refractivity contribution in [2.75, 3.05) is 18.4 Å². The van der Waals surface area contributed by atoms with Crippen LogP contribution in [-0.4, -0.2) is 43.5 Å². The van der Waals surface area contributed by atoms with Crippen LogP contribution in [0.15, 0.2) is 29.1 Å². The molecule has 1 aromatic carbocycles. The van der Waals surface area contributed by atoms with E-state index in [1.165, 1.54) is 17.4 Å². The fraction of sp³-hybridized carbons (Fsp3) is 0.455. The highest BCUT2D eigenvalue weighted by Crippen LogP contribution is 2.14. The molecular formula is C22H27ClN6O2. The SMILES string of the molecule is Cc1nc2nc(NCc3ccc(Cl)cc3)[nH]n2c(=O)c1CCC(=O)N1CCCCCC1. The molecule has 3 heterocycles. The second-order valence-electron chi connectivity index (χ2n) is 7.96. The fourth-order valence-electron chi connectivity index (χ4n) is 3.92. The number of halogens is 1. The Labute approximate surface area is 185 Å². The predicted octanol–water partition coefficient (Wildman–Crippen LogP) is 3.33. The number of carbonyl (C=O) groups is 1. The minimum absolute atomic E-state index is 0.112. The number of H-pyrrole nitrogens is 1. The molecule has 1 aliphatic heterocycles. The number of fused-ring (bicyclic) bond motifs is 1. The Morgan fingerprint density at radius 2 is 1.84 bits per heavy atom. The van der Waals surface area contributed by atoms with E-state index in [1.807, 2.05) is 29.2 Å². The summed E-state index contributed by atoms with van der Waals surface area (Å²) in [4.78, 5) is 36.4. The Morgan fingerprint density at radius 3 is 2.55 bits per heavy atom. The van der Waals surface area contributed by atoms with Crippen molar-refractivity contribution < 1.29 is 4.79 Å². The molecule has 0 bridgehead atoms. The predicted molar refractivity (Wildman–Crippen MR) is 120 cm³/mol. The molecule has 1 fully saturated rings. The van der Waals surface area contributed by atoms with Gasteiger partial charge in [0.1, 0.15) is 0 Å². The van der Waals surface area contributed by atoms with E-state index in [2.05, 4.69) is 20.4 Å². The Kier molecular flexibility index (Phi) is 6.56. The summed E-state index contributed by atoms with van der Waals surface area (Å²) in [6.45, 7) is 3.96. The molecule has 0 aliphatic carbocycles. The first kappa shape index (κ1) is 21.4. The third kappa shape index (κ3) is 5.07. The molecule has 2 aromatic heterocycles.